The average molecular weight is 292 g/mol. The zero-order valence-corrected chi connectivity index (χ0v) is 13.2. The smallest absolute Gasteiger partial charge is 0.162 e. The first kappa shape index (κ1) is 15.0. The van der Waals surface area contributed by atoms with Gasteiger partial charge < -0.3 is 0 Å². The van der Waals surface area contributed by atoms with Crippen molar-refractivity contribution < 1.29 is 8.78 Å². The van der Waals surface area contributed by atoms with E-state index in [0.717, 1.165) is 36.7 Å². The van der Waals surface area contributed by atoms with Crippen LogP contribution in [0.1, 0.15) is 62.1 Å². The summed E-state index contributed by atoms with van der Waals surface area (Å²) in [6, 6.07) is 1.85. The number of fused-ring (bicyclic) bond motifs is 1. The summed E-state index contributed by atoms with van der Waals surface area (Å²) in [5.74, 6) is 1.02. The normalized spacial score (nSPS) is 29.2. The number of benzene rings is 1. The summed E-state index contributed by atoms with van der Waals surface area (Å²) in [5, 5.41) is 0. The molecular formula is C19H26F2. The van der Waals surface area contributed by atoms with Gasteiger partial charge in [0.05, 0.1) is 0 Å². The van der Waals surface area contributed by atoms with E-state index in [2.05, 4.69) is 6.92 Å². The molecule has 1 atom stereocenters. The molecule has 1 saturated carbocycles. The minimum absolute atomic E-state index is 0.450. The van der Waals surface area contributed by atoms with E-state index >= 15 is 0 Å². The molecule has 0 aromatic heterocycles. The van der Waals surface area contributed by atoms with Crippen molar-refractivity contribution in [1.29, 1.82) is 0 Å². The second-order valence-corrected chi connectivity index (χ2v) is 7.43. The highest BCUT2D eigenvalue weighted by molar-refractivity contribution is 5.36. The van der Waals surface area contributed by atoms with Gasteiger partial charge in [-0.05, 0) is 67.1 Å². The Morgan fingerprint density at radius 3 is 2.43 bits per heavy atom. The molecule has 0 amide bonds. The Morgan fingerprint density at radius 1 is 1.00 bits per heavy atom. The zero-order chi connectivity index (χ0) is 15.0. The van der Waals surface area contributed by atoms with Gasteiger partial charge in [0.25, 0.3) is 0 Å². The summed E-state index contributed by atoms with van der Waals surface area (Å²) in [6.45, 7) is 4.00. The van der Waals surface area contributed by atoms with Crippen LogP contribution in [0.2, 0.25) is 0 Å². The van der Waals surface area contributed by atoms with Gasteiger partial charge in [0.2, 0.25) is 0 Å². The molecule has 0 bridgehead atoms. The summed E-state index contributed by atoms with van der Waals surface area (Å²) in [7, 11) is 0. The monoisotopic (exact) mass is 292 g/mol. The molecule has 2 heteroatoms. The highest BCUT2D eigenvalue weighted by atomic mass is 19.2. The number of hydrogen-bond donors (Lipinski definition) is 0. The third-order valence-corrected chi connectivity index (χ3v) is 5.70. The molecule has 0 aliphatic heterocycles. The van der Waals surface area contributed by atoms with Crippen molar-refractivity contribution in [3.63, 3.8) is 0 Å². The topological polar surface area (TPSA) is 0 Å². The first-order valence-corrected chi connectivity index (χ1v) is 8.51. The molecule has 2 aliphatic carbocycles. The molecule has 0 saturated heterocycles. The Labute approximate surface area is 126 Å². The Morgan fingerprint density at radius 2 is 1.71 bits per heavy atom. The highest BCUT2D eigenvalue weighted by Crippen LogP contribution is 2.37. The van der Waals surface area contributed by atoms with Crippen molar-refractivity contribution in [3.05, 3.63) is 34.4 Å². The second kappa shape index (κ2) is 6.06. The average Bonchev–Trinajstić information content (AvgIpc) is 2.48. The maximum atomic E-state index is 14.2. The molecule has 1 aromatic rings. The maximum Gasteiger partial charge on any atom is 0.162 e. The van der Waals surface area contributed by atoms with Crippen molar-refractivity contribution in [2.75, 3.05) is 0 Å². The lowest BCUT2D eigenvalue weighted by molar-refractivity contribution is 0.235. The minimum Gasteiger partial charge on any atom is -0.203 e. The lowest BCUT2D eigenvalue weighted by Crippen LogP contribution is -2.22. The van der Waals surface area contributed by atoms with E-state index < -0.39 is 11.6 Å². The van der Waals surface area contributed by atoms with E-state index in [1.807, 2.05) is 6.07 Å². The summed E-state index contributed by atoms with van der Waals surface area (Å²) in [4.78, 5) is 0. The molecule has 0 nitrogen and oxygen atoms in total. The Kier molecular flexibility index (Phi) is 4.33. The number of rotatable bonds is 2. The van der Waals surface area contributed by atoms with Gasteiger partial charge in [0.15, 0.2) is 11.6 Å². The molecule has 0 N–H and O–H groups in total. The van der Waals surface area contributed by atoms with Crippen LogP contribution in [0.25, 0.3) is 0 Å². The molecule has 21 heavy (non-hydrogen) atoms. The summed E-state index contributed by atoms with van der Waals surface area (Å²) in [5.41, 5.74) is 2.16. The predicted molar refractivity (Wildman–Crippen MR) is 82.3 cm³/mol. The van der Waals surface area contributed by atoms with Gasteiger partial charge in [0.1, 0.15) is 0 Å². The van der Waals surface area contributed by atoms with Gasteiger partial charge in [-0.3, -0.25) is 0 Å². The second-order valence-electron chi connectivity index (χ2n) is 7.43. The molecule has 1 fully saturated rings. The zero-order valence-electron chi connectivity index (χ0n) is 13.2. The van der Waals surface area contributed by atoms with Crippen LogP contribution in [0, 0.1) is 36.3 Å². The summed E-state index contributed by atoms with van der Waals surface area (Å²) >= 11 is 0. The maximum absolute atomic E-state index is 14.2. The Balaban J connectivity index is 1.68. The lowest BCUT2D eigenvalue weighted by atomic mass is 9.74. The van der Waals surface area contributed by atoms with E-state index in [4.69, 9.17) is 0 Å². The third-order valence-electron chi connectivity index (χ3n) is 5.70. The molecular weight excluding hydrogens is 266 g/mol. The molecule has 116 valence electrons. The molecule has 0 heterocycles. The van der Waals surface area contributed by atoms with Crippen molar-refractivity contribution >= 4 is 0 Å². The first-order chi connectivity index (χ1) is 10.0. The number of halogens is 2. The van der Waals surface area contributed by atoms with Gasteiger partial charge in [-0.25, -0.2) is 8.78 Å². The van der Waals surface area contributed by atoms with E-state index in [0.29, 0.717) is 17.0 Å². The van der Waals surface area contributed by atoms with E-state index in [-0.39, 0.29) is 0 Å². The van der Waals surface area contributed by atoms with Crippen LogP contribution in [-0.4, -0.2) is 0 Å². The lowest BCUT2D eigenvalue weighted by Gasteiger charge is -2.32. The number of aryl methyl sites for hydroxylation is 2. The van der Waals surface area contributed by atoms with Gasteiger partial charge in [0, 0.05) is 0 Å². The van der Waals surface area contributed by atoms with Gasteiger partial charge in [-0.15, -0.1) is 0 Å². The molecule has 1 aromatic carbocycles. The van der Waals surface area contributed by atoms with E-state index in [1.165, 1.54) is 32.1 Å². The highest BCUT2D eigenvalue weighted by Gasteiger charge is 2.27. The Bertz CT molecular complexity index is 513. The van der Waals surface area contributed by atoms with Crippen molar-refractivity contribution in [3.8, 4) is 0 Å². The van der Waals surface area contributed by atoms with Crippen LogP contribution in [0.15, 0.2) is 6.07 Å². The molecule has 2 aliphatic rings. The fraction of sp³-hybridized carbons (Fsp3) is 0.684. The predicted octanol–water partition coefficient (Wildman–Crippen LogP) is 5.59. The fourth-order valence-corrected chi connectivity index (χ4v) is 4.29. The van der Waals surface area contributed by atoms with Crippen LogP contribution in [-0.2, 0) is 12.8 Å². The number of hydrogen-bond acceptors (Lipinski definition) is 0. The SMILES string of the molecule is Cc1cc2c(c(F)c1F)CC(CC1CCC(C)CC1)CC2. The largest absolute Gasteiger partial charge is 0.203 e. The van der Waals surface area contributed by atoms with Crippen LogP contribution < -0.4 is 0 Å². The van der Waals surface area contributed by atoms with Crippen LogP contribution in [0.4, 0.5) is 8.78 Å². The van der Waals surface area contributed by atoms with Crippen LogP contribution >= 0.6 is 0 Å². The third kappa shape index (κ3) is 3.14. The van der Waals surface area contributed by atoms with Crippen molar-refractivity contribution in [2.24, 2.45) is 17.8 Å². The fourth-order valence-electron chi connectivity index (χ4n) is 4.29. The quantitative estimate of drug-likeness (QED) is 0.666. The van der Waals surface area contributed by atoms with Crippen molar-refractivity contribution in [2.45, 2.75) is 65.2 Å². The minimum atomic E-state index is -0.638. The first-order valence-electron chi connectivity index (χ1n) is 8.51. The van der Waals surface area contributed by atoms with E-state index in [9.17, 15) is 8.78 Å². The molecule has 3 rings (SSSR count). The molecule has 0 spiro atoms. The summed E-state index contributed by atoms with van der Waals surface area (Å²) in [6.07, 6.45) is 9.35. The summed E-state index contributed by atoms with van der Waals surface area (Å²) < 4.78 is 27.9. The van der Waals surface area contributed by atoms with Gasteiger partial charge >= 0.3 is 0 Å². The Hall–Kier alpha value is -0.920. The standard InChI is InChI=1S/C19H26F2/c1-12-3-5-14(6-4-12)10-15-7-8-16-9-13(2)18(20)19(21)17(16)11-15/h9,12,14-15H,3-8,10-11H2,1-2H3. The van der Waals surface area contributed by atoms with E-state index in [1.54, 1.807) is 6.92 Å². The van der Waals surface area contributed by atoms with Crippen LogP contribution in [0.5, 0.6) is 0 Å². The van der Waals surface area contributed by atoms with Crippen molar-refractivity contribution in [1.82, 2.24) is 0 Å². The van der Waals surface area contributed by atoms with Crippen LogP contribution in [0.3, 0.4) is 0 Å². The molecule has 0 radical (unpaired) electrons. The van der Waals surface area contributed by atoms with Gasteiger partial charge in [-0.1, -0.05) is 38.7 Å². The van der Waals surface area contributed by atoms with Gasteiger partial charge in [-0.2, -0.15) is 0 Å². The molecule has 1 unspecified atom stereocenters.